The molecule has 2 unspecified atom stereocenters. The van der Waals surface area contributed by atoms with Gasteiger partial charge in [0.15, 0.2) is 17.5 Å². The molecule has 2 aliphatic rings. The summed E-state index contributed by atoms with van der Waals surface area (Å²) < 4.78 is 12.9. The smallest absolute Gasteiger partial charge is 0.165 e. The van der Waals surface area contributed by atoms with Gasteiger partial charge in [-0.05, 0) is 75.5 Å². The van der Waals surface area contributed by atoms with Crippen molar-refractivity contribution < 1.29 is 8.83 Å². The average Bonchev–Trinajstić information content (AvgIpc) is 3.85. The lowest BCUT2D eigenvalue weighted by Gasteiger charge is -2.23. The minimum absolute atomic E-state index is 0.226. The van der Waals surface area contributed by atoms with Crippen molar-refractivity contribution in [3.05, 3.63) is 194 Å². The van der Waals surface area contributed by atoms with Crippen molar-refractivity contribution in [2.24, 2.45) is 11.8 Å². The minimum atomic E-state index is 0.226. The van der Waals surface area contributed by atoms with Crippen LogP contribution in [0.2, 0.25) is 0 Å². The molecule has 7 aromatic carbocycles. The van der Waals surface area contributed by atoms with Gasteiger partial charge in [-0.25, -0.2) is 15.0 Å². The van der Waals surface area contributed by atoms with E-state index in [-0.39, 0.29) is 5.92 Å². The van der Waals surface area contributed by atoms with Gasteiger partial charge >= 0.3 is 0 Å². The molecule has 0 radical (unpaired) electrons. The molecule has 0 amide bonds. The van der Waals surface area contributed by atoms with Gasteiger partial charge in [-0.1, -0.05) is 146 Å². The van der Waals surface area contributed by atoms with Crippen molar-refractivity contribution >= 4 is 60.2 Å². The second kappa shape index (κ2) is 13.0. The Labute approximate surface area is 333 Å². The lowest BCUT2D eigenvalue weighted by atomic mass is 9.83. The molecule has 0 N–H and O–H groups in total. The highest BCUT2D eigenvalue weighted by atomic mass is 16.3. The van der Waals surface area contributed by atoms with E-state index in [2.05, 4.69) is 170 Å². The highest BCUT2D eigenvalue weighted by molar-refractivity contribution is 6.16. The van der Waals surface area contributed by atoms with Crippen molar-refractivity contribution in [2.45, 2.75) is 0 Å². The van der Waals surface area contributed by atoms with Crippen molar-refractivity contribution in [1.29, 1.82) is 0 Å². The molecule has 10 aromatic rings. The predicted octanol–water partition coefficient (Wildman–Crippen LogP) is 13.8. The van der Waals surface area contributed by atoms with E-state index in [0.717, 1.165) is 88.2 Å². The number of benzene rings is 7. The predicted molar refractivity (Wildman–Crippen MR) is 236 cm³/mol. The third-order valence-corrected chi connectivity index (χ3v) is 11.7. The van der Waals surface area contributed by atoms with Crippen LogP contribution in [0.25, 0.3) is 105 Å². The summed E-state index contributed by atoms with van der Waals surface area (Å²) in [4.78, 5) is 15.9. The highest BCUT2D eigenvalue weighted by Crippen LogP contribution is 2.44. The number of allylic oxidation sites excluding steroid dienone is 8. The highest BCUT2D eigenvalue weighted by Gasteiger charge is 2.25. The fraction of sp³-hybridized carbons (Fsp3) is 0.0377. The van der Waals surface area contributed by atoms with E-state index in [4.69, 9.17) is 23.8 Å². The molecular weight excluding hydrogens is 711 g/mol. The lowest BCUT2D eigenvalue weighted by Crippen LogP contribution is -2.12. The number of furan rings is 2. The summed E-state index contributed by atoms with van der Waals surface area (Å²) >= 11 is 0. The largest absolute Gasteiger partial charge is 0.456 e. The molecule has 0 aliphatic heterocycles. The molecule has 0 spiro atoms. The Bertz CT molecular complexity index is 3400. The van der Waals surface area contributed by atoms with Crippen molar-refractivity contribution in [1.82, 2.24) is 15.0 Å². The van der Waals surface area contributed by atoms with Gasteiger partial charge in [0.1, 0.15) is 22.3 Å². The Morgan fingerprint density at radius 2 is 1.05 bits per heavy atom. The zero-order chi connectivity index (χ0) is 38.2. The molecule has 0 saturated heterocycles. The first kappa shape index (κ1) is 32.6. The van der Waals surface area contributed by atoms with Crippen molar-refractivity contribution in [2.75, 3.05) is 0 Å². The van der Waals surface area contributed by atoms with Gasteiger partial charge in [0, 0.05) is 50.1 Å². The fourth-order valence-electron chi connectivity index (χ4n) is 8.73. The fourth-order valence-corrected chi connectivity index (χ4v) is 8.73. The topological polar surface area (TPSA) is 65.0 Å². The summed E-state index contributed by atoms with van der Waals surface area (Å²) in [7, 11) is 0. The zero-order valence-electron chi connectivity index (χ0n) is 31.2. The van der Waals surface area contributed by atoms with Crippen LogP contribution in [0.4, 0.5) is 0 Å². The Kier molecular flexibility index (Phi) is 7.29. The standard InChI is InChI=1S/C53H33N3O2/c1-2-10-32(11-3-1)34-18-21-35(22-19-34)51-54-52(40-23-20-33-12-4-5-13-36(33)28-40)56-53(55-51)50-41(25-27-47-49(50)42-16-8-9-17-45(42)57-47)39-24-26-46-43(30-39)44-29-37-14-6-7-15-38(37)31-48(44)58-46/h1-31,33,36H. The molecule has 58 heavy (non-hydrogen) atoms. The molecule has 272 valence electrons. The van der Waals surface area contributed by atoms with Crippen LogP contribution in [0.15, 0.2) is 197 Å². The first-order valence-electron chi connectivity index (χ1n) is 19.7. The maximum atomic E-state index is 6.51. The van der Waals surface area contributed by atoms with Gasteiger partial charge in [-0.2, -0.15) is 0 Å². The van der Waals surface area contributed by atoms with E-state index in [9.17, 15) is 0 Å². The first-order valence-corrected chi connectivity index (χ1v) is 19.7. The van der Waals surface area contributed by atoms with Crippen LogP contribution in [0.1, 0.15) is 5.82 Å². The van der Waals surface area contributed by atoms with Gasteiger partial charge in [0.25, 0.3) is 0 Å². The summed E-state index contributed by atoms with van der Waals surface area (Å²) in [6.07, 6.45) is 15.4. The summed E-state index contributed by atoms with van der Waals surface area (Å²) in [6.45, 7) is 0. The molecular formula is C53H33N3O2. The van der Waals surface area contributed by atoms with Crippen LogP contribution < -0.4 is 0 Å². The molecule has 5 nitrogen and oxygen atoms in total. The van der Waals surface area contributed by atoms with E-state index >= 15 is 0 Å². The maximum Gasteiger partial charge on any atom is 0.165 e. The summed E-state index contributed by atoms with van der Waals surface area (Å²) in [5.41, 5.74) is 10.4. The SMILES string of the molecule is C1=CC2C=CC(c3nc(-c4ccc(-c5ccccc5)cc4)nc(-c4c(-c5ccc6oc7cc8ccccc8cc7c6c5)ccc5oc6ccccc6c45)n3)=CC2C=C1. The second-order valence-electron chi connectivity index (χ2n) is 15.1. The Hall–Kier alpha value is -7.63. The van der Waals surface area contributed by atoms with Crippen LogP contribution >= 0.6 is 0 Å². The Morgan fingerprint density at radius 1 is 0.414 bits per heavy atom. The molecule has 0 bridgehead atoms. The molecule has 2 atom stereocenters. The van der Waals surface area contributed by atoms with Crippen LogP contribution in [-0.2, 0) is 0 Å². The molecule has 5 heteroatoms. The zero-order valence-corrected chi connectivity index (χ0v) is 31.2. The normalized spacial score (nSPS) is 16.2. The monoisotopic (exact) mass is 743 g/mol. The van der Waals surface area contributed by atoms with E-state index in [1.165, 1.54) is 5.39 Å². The van der Waals surface area contributed by atoms with Gasteiger partial charge in [0.05, 0.1) is 0 Å². The van der Waals surface area contributed by atoms with Crippen LogP contribution in [0.3, 0.4) is 0 Å². The number of aromatic nitrogens is 3. The molecule has 3 aromatic heterocycles. The summed E-state index contributed by atoms with van der Waals surface area (Å²) in [5.74, 6) is 2.35. The maximum absolute atomic E-state index is 6.51. The molecule has 3 heterocycles. The number of nitrogens with zero attached hydrogens (tertiary/aromatic N) is 3. The third-order valence-electron chi connectivity index (χ3n) is 11.7. The second-order valence-corrected chi connectivity index (χ2v) is 15.1. The van der Waals surface area contributed by atoms with Crippen LogP contribution in [-0.4, -0.2) is 15.0 Å². The molecule has 2 aliphatic carbocycles. The van der Waals surface area contributed by atoms with Crippen LogP contribution in [0.5, 0.6) is 0 Å². The number of hydrogen-bond donors (Lipinski definition) is 0. The summed E-state index contributed by atoms with van der Waals surface area (Å²) in [5, 5.41) is 6.43. The third kappa shape index (κ3) is 5.35. The van der Waals surface area contributed by atoms with E-state index in [1.54, 1.807) is 0 Å². The van der Waals surface area contributed by atoms with E-state index < -0.39 is 0 Å². The van der Waals surface area contributed by atoms with Gasteiger partial charge in [-0.15, -0.1) is 0 Å². The molecule has 12 rings (SSSR count). The van der Waals surface area contributed by atoms with Gasteiger partial charge in [0.2, 0.25) is 0 Å². The average molecular weight is 744 g/mol. The Balaban J connectivity index is 1.11. The van der Waals surface area contributed by atoms with Gasteiger partial charge < -0.3 is 8.83 Å². The Morgan fingerprint density at radius 3 is 1.93 bits per heavy atom. The number of para-hydroxylation sites is 1. The van der Waals surface area contributed by atoms with E-state index in [0.29, 0.717) is 23.4 Å². The molecule has 0 saturated carbocycles. The van der Waals surface area contributed by atoms with Crippen LogP contribution in [0, 0.1) is 11.8 Å². The number of rotatable bonds is 5. The molecule has 0 fully saturated rings. The quantitative estimate of drug-likeness (QED) is 0.176. The van der Waals surface area contributed by atoms with Gasteiger partial charge in [-0.3, -0.25) is 0 Å². The first-order chi connectivity index (χ1) is 28.7. The van der Waals surface area contributed by atoms with E-state index in [1.807, 2.05) is 18.2 Å². The van der Waals surface area contributed by atoms with Crippen molar-refractivity contribution in [3.8, 4) is 45.0 Å². The summed E-state index contributed by atoms with van der Waals surface area (Å²) in [6, 6.07) is 50.6. The minimum Gasteiger partial charge on any atom is -0.456 e. The number of hydrogen-bond acceptors (Lipinski definition) is 5. The van der Waals surface area contributed by atoms with Crippen molar-refractivity contribution in [3.63, 3.8) is 0 Å². The number of fused-ring (bicyclic) bond motifs is 8. The lowest BCUT2D eigenvalue weighted by molar-refractivity contribution is 0.662.